The number of para-hydroxylation sites is 2. The number of benzene rings is 1. The SMILES string of the molecule is CCN(CC)C(=O)N1CCN(C(=O)CCn2c(=O)n(C)c3ccccc32)CC1. The van der Waals surface area contributed by atoms with Crippen LogP contribution in [-0.4, -0.2) is 75.0 Å². The number of amides is 3. The Morgan fingerprint density at radius 3 is 2.14 bits per heavy atom. The standard InChI is InChI=1S/C20H29N5O3/c1-4-22(5-2)20(28)24-14-12-23(13-15-24)18(26)10-11-25-17-9-7-6-8-16(17)21(3)19(25)27/h6-9H,4-5,10-15H2,1-3H3. The lowest BCUT2D eigenvalue weighted by atomic mass is 10.2. The minimum atomic E-state index is -0.108. The zero-order chi connectivity index (χ0) is 20.3. The Kier molecular flexibility index (Phi) is 6.06. The van der Waals surface area contributed by atoms with E-state index in [0.717, 1.165) is 11.0 Å². The Balaban J connectivity index is 1.58. The van der Waals surface area contributed by atoms with E-state index >= 15 is 0 Å². The van der Waals surface area contributed by atoms with Crippen LogP contribution >= 0.6 is 0 Å². The summed E-state index contributed by atoms with van der Waals surface area (Å²) >= 11 is 0. The normalized spacial score (nSPS) is 14.5. The molecule has 152 valence electrons. The number of hydrogen-bond donors (Lipinski definition) is 0. The van der Waals surface area contributed by atoms with E-state index in [1.807, 2.05) is 43.0 Å². The van der Waals surface area contributed by atoms with Crippen molar-refractivity contribution in [3.8, 4) is 0 Å². The minimum Gasteiger partial charge on any atom is -0.339 e. The van der Waals surface area contributed by atoms with Crippen molar-refractivity contribution in [2.24, 2.45) is 7.05 Å². The van der Waals surface area contributed by atoms with Crippen LogP contribution in [0.1, 0.15) is 20.3 Å². The van der Waals surface area contributed by atoms with Crippen molar-refractivity contribution in [3.05, 3.63) is 34.7 Å². The highest BCUT2D eigenvalue weighted by Crippen LogP contribution is 2.13. The summed E-state index contributed by atoms with van der Waals surface area (Å²) in [6.45, 7) is 7.85. The molecule has 0 radical (unpaired) electrons. The summed E-state index contributed by atoms with van der Waals surface area (Å²) in [4.78, 5) is 42.9. The number of rotatable bonds is 5. The fourth-order valence-electron chi connectivity index (χ4n) is 3.79. The highest BCUT2D eigenvalue weighted by Gasteiger charge is 2.26. The van der Waals surface area contributed by atoms with E-state index < -0.39 is 0 Å². The summed E-state index contributed by atoms with van der Waals surface area (Å²) in [5, 5.41) is 0. The second-order valence-corrected chi connectivity index (χ2v) is 7.05. The predicted octanol–water partition coefficient (Wildman–Crippen LogP) is 1.34. The summed E-state index contributed by atoms with van der Waals surface area (Å²) in [5.41, 5.74) is 1.60. The van der Waals surface area contributed by atoms with E-state index in [1.165, 1.54) is 0 Å². The van der Waals surface area contributed by atoms with E-state index in [1.54, 1.807) is 26.0 Å². The second-order valence-electron chi connectivity index (χ2n) is 7.05. The van der Waals surface area contributed by atoms with Crippen LogP contribution in [0.25, 0.3) is 11.0 Å². The number of fused-ring (bicyclic) bond motifs is 1. The van der Waals surface area contributed by atoms with Gasteiger partial charge >= 0.3 is 11.7 Å². The summed E-state index contributed by atoms with van der Waals surface area (Å²) in [6.07, 6.45) is 0.276. The van der Waals surface area contributed by atoms with Crippen LogP contribution in [-0.2, 0) is 18.4 Å². The summed E-state index contributed by atoms with van der Waals surface area (Å²) < 4.78 is 3.27. The fourth-order valence-corrected chi connectivity index (χ4v) is 3.79. The van der Waals surface area contributed by atoms with Gasteiger partial charge in [0.15, 0.2) is 0 Å². The van der Waals surface area contributed by atoms with Gasteiger partial charge in [-0.2, -0.15) is 0 Å². The molecule has 8 heteroatoms. The van der Waals surface area contributed by atoms with Gasteiger partial charge in [-0.25, -0.2) is 9.59 Å². The molecule has 1 aliphatic rings. The molecular formula is C20H29N5O3. The molecule has 1 aromatic carbocycles. The number of aromatic nitrogens is 2. The first-order valence-corrected chi connectivity index (χ1v) is 9.93. The van der Waals surface area contributed by atoms with E-state index in [-0.39, 0.29) is 24.0 Å². The van der Waals surface area contributed by atoms with Gasteiger partial charge in [-0.05, 0) is 26.0 Å². The van der Waals surface area contributed by atoms with Crippen LogP contribution < -0.4 is 5.69 Å². The second kappa shape index (κ2) is 8.50. The van der Waals surface area contributed by atoms with Crippen molar-refractivity contribution in [3.63, 3.8) is 0 Å². The highest BCUT2D eigenvalue weighted by atomic mass is 16.2. The lowest BCUT2D eigenvalue weighted by molar-refractivity contribution is -0.132. The van der Waals surface area contributed by atoms with Crippen LogP contribution in [0.2, 0.25) is 0 Å². The molecule has 0 spiro atoms. The minimum absolute atomic E-state index is 0.0229. The Labute approximate surface area is 164 Å². The lowest BCUT2D eigenvalue weighted by Crippen LogP contribution is -2.54. The molecule has 0 unspecified atom stereocenters. The summed E-state index contributed by atoms with van der Waals surface area (Å²) in [7, 11) is 1.75. The number of carbonyl (C=O) groups is 2. The maximum absolute atomic E-state index is 12.6. The number of aryl methyl sites for hydroxylation is 2. The van der Waals surface area contributed by atoms with Gasteiger partial charge in [0, 0.05) is 59.3 Å². The molecule has 2 heterocycles. The van der Waals surface area contributed by atoms with E-state index in [2.05, 4.69) is 0 Å². The van der Waals surface area contributed by atoms with E-state index in [0.29, 0.717) is 45.8 Å². The molecule has 3 rings (SSSR count). The molecule has 0 aliphatic carbocycles. The average molecular weight is 387 g/mol. The zero-order valence-corrected chi connectivity index (χ0v) is 16.9. The molecule has 0 atom stereocenters. The quantitative estimate of drug-likeness (QED) is 0.777. The third-order valence-electron chi connectivity index (χ3n) is 5.54. The molecule has 0 saturated carbocycles. The smallest absolute Gasteiger partial charge is 0.328 e. The molecule has 3 amide bonds. The molecule has 2 aromatic rings. The average Bonchev–Trinajstić information content (AvgIpc) is 2.97. The molecule has 8 nitrogen and oxygen atoms in total. The van der Waals surface area contributed by atoms with Crippen LogP contribution in [0.15, 0.2) is 29.1 Å². The van der Waals surface area contributed by atoms with Crippen LogP contribution in [0.3, 0.4) is 0 Å². The van der Waals surface area contributed by atoms with Gasteiger partial charge in [0.2, 0.25) is 5.91 Å². The largest absolute Gasteiger partial charge is 0.339 e. The number of nitrogens with zero attached hydrogens (tertiary/aromatic N) is 5. The number of imidazole rings is 1. The monoisotopic (exact) mass is 387 g/mol. The van der Waals surface area contributed by atoms with Crippen molar-refractivity contribution >= 4 is 23.0 Å². The van der Waals surface area contributed by atoms with Gasteiger partial charge in [0.05, 0.1) is 11.0 Å². The molecule has 0 bridgehead atoms. The summed E-state index contributed by atoms with van der Waals surface area (Å²) in [6, 6.07) is 7.64. The number of hydrogen-bond acceptors (Lipinski definition) is 3. The Bertz CT molecular complexity index is 904. The predicted molar refractivity (Wildman–Crippen MR) is 108 cm³/mol. The van der Waals surface area contributed by atoms with Crippen LogP contribution in [0.4, 0.5) is 4.79 Å². The van der Waals surface area contributed by atoms with Gasteiger partial charge in [0.25, 0.3) is 0 Å². The molecular weight excluding hydrogens is 358 g/mol. The van der Waals surface area contributed by atoms with Gasteiger partial charge in [-0.15, -0.1) is 0 Å². The van der Waals surface area contributed by atoms with Crippen LogP contribution in [0, 0.1) is 0 Å². The van der Waals surface area contributed by atoms with Gasteiger partial charge in [0.1, 0.15) is 0 Å². The fraction of sp³-hybridized carbons (Fsp3) is 0.550. The first-order valence-electron chi connectivity index (χ1n) is 9.93. The van der Waals surface area contributed by atoms with E-state index in [4.69, 9.17) is 0 Å². The summed E-state index contributed by atoms with van der Waals surface area (Å²) in [5.74, 6) is 0.0229. The van der Waals surface area contributed by atoms with E-state index in [9.17, 15) is 14.4 Å². The Morgan fingerprint density at radius 1 is 0.964 bits per heavy atom. The van der Waals surface area contributed by atoms with Crippen molar-refractivity contribution in [1.82, 2.24) is 23.8 Å². The Morgan fingerprint density at radius 2 is 1.54 bits per heavy atom. The Hall–Kier alpha value is -2.77. The third kappa shape index (κ3) is 3.76. The first kappa shape index (κ1) is 20.0. The first-order chi connectivity index (χ1) is 13.5. The lowest BCUT2D eigenvalue weighted by Gasteiger charge is -2.37. The molecule has 28 heavy (non-hydrogen) atoms. The molecule has 1 fully saturated rings. The van der Waals surface area contributed by atoms with Gasteiger partial charge in [-0.1, -0.05) is 12.1 Å². The van der Waals surface area contributed by atoms with Gasteiger partial charge in [-0.3, -0.25) is 13.9 Å². The third-order valence-corrected chi connectivity index (χ3v) is 5.54. The van der Waals surface area contributed by atoms with Crippen molar-refractivity contribution in [2.45, 2.75) is 26.8 Å². The number of carbonyl (C=O) groups excluding carboxylic acids is 2. The maximum atomic E-state index is 12.6. The van der Waals surface area contributed by atoms with Gasteiger partial charge < -0.3 is 14.7 Å². The topological polar surface area (TPSA) is 70.8 Å². The van der Waals surface area contributed by atoms with Crippen molar-refractivity contribution in [2.75, 3.05) is 39.3 Å². The number of urea groups is 1. The molecule has 1 saturated heterocycles. The van der Waals surface area contributed by atoms with Crippen LogP contribution in [0.5, 0.6) is 0 Å². The van der Waals surface area contributed by atoms with Crippen molar-refractivity contribution in [1.29, 1.82) is 0 Å². The molecule has 1 aliphatic heterocycles. The van der Waals surface area contributed by atoms with Crippen molar-refractivity contribution < 1.29 is 9.59 Å². The highest BCUT2D eigenvalue weighted by molar-refractivity contribution is 5.79. The molecule has 1 aromatic heterocycles. The zero-order valence-electron chi connectivity index (χ0n) is 16.9. The number of piperazine rings is 1. The maximum Gasteiger partial charge on any atom is 0.328 e. The molecule has 0 N–H and O–H groups in total.